The second-order valence-corrected chi connectivity index (χ2v) is 5.29. The van der Waals surface area contributed by atoms with Crippen molar-refractivity contribution in [1.29, 1.82) is 0 Å². The van der Waals surface area contributed by atoms with E-state index in [1.54, 1.807) is 6.20 Å². The number of aliphatic hydroxyl groups excluding tert-OH is 1. The summed E-state index contributed by atoms with van der Waals surface area (Å²) in [6, 6.07) is 3.70. The molecule has 18 heavy (non-hydrogen) atoms. The lowest BCUT2D eigenvalue weighted by atomic mass is 9.85. The smallest absolute Gasteiger partial charge is 0.129 e. The average molecular weight is 249 g/mol. The van der Waals surface area contributed by atoms with E-state index in [2.05, 4.69) is 23.7 Å². The third kappa shape index (κ3) is 2.22. The zero-order valence-electron chi connectivity index (χ0n) is 11.3. The molecule has 1 aliphatic rings. The van der Waals surface area contributed by atoms with Crippen molar-refractivity contribution in [2.75, 3.05) is 18.8 Å². The lowest BCUT2D eigenvalue weighted by Gasteiger charge is -2.42. The second kappa shape index (κ2) is 5.24. The van der Waals surface area contributed by atoms with Crippen molar-refractivity contribution in [1.82, 2.24) is 9.88 Å². The van der Waals surface area contributed by atoms with Crippen molar-refractivity contribution in [3.8, 4) is 0 Å². The number of anilines is 1. The summed E-state index contributed by atoms with van der Waals surface area (Å²) < 4.78 is 0. The van der Waals surface area contributed by atoms with Gasteiger partial charge in [-0.15, -0.1) is 0 Å². The fourth-order valence-corrected chi connectivity index (χ4v) is 2.81. The summed E-state index contributed by atoms with van der Waals surface area (Å²) in [6.07, 6.45) is 4.39. The Morgan fingerprint density at radius 1 is 1.50 bits per heavy atom. The minimum absolute atomic E-state index is 0.256. The van der Waals surface area contributed by atoms with Crippen LogP contribution >= 0.6 is 0 Å². The minimum atomic E-state index is -0.589. The predicted molar refractivity (Wildman–Crippen MR) is 73.1 cm³/mol. The molecule has 2 atom stereocenters. The molecule has 1 aromatic rings. The lowest BCUT2D eigenvalue weighted by Crippen LogP contribution is -2.49. The number of aromatic nitrogens is 1. The number of likely N-dealkylation sites (tertiary alicyclic amines) is 1. The molecular formula is C14H23N3O. The minimum Gasteiger partial charge on any atom is -0.386 e. The normalized spacial score (nSPS) is 21.7. The third-order valence-electron chi connectivity index (χ3n) is 4.30. The van der Waals surface area contributed by atoms with Crippen LogP contribution < -0.4 is 5.73 Å². The maximum absolute atomic E-state index is 10.7. The highest BCUT2D eigenvalue weighted by molar-refractivity contribution is 5.41. The van der Waals surface area contributed by atoms with Crippen LogP contribution in [0.1, 0.15) is 44.8 Å². The summed E-state index contributed by atoms with van der Waals surface area (Å²) in [6.45, 7) is 6.35. The number of pyridine rings is 1. The molecule has 1 aromatic heterocycles. The molecule has 0 aliphatic carbocycles. The Kier molecular flexibility index (Phi) is 3.88. The first kappa shape index (κ1) is 13.3. The fourth-order valence-electron chi connectivity index (χ4n) is 2.81. The van der Waals surface area contributed by atoms with Crippen LogP contribution in [-0.4, -0.2) is 33.6 Å². The molecule has 0 radical (unpaired) electrons. The molecule has 2 rings (SSSR count). The maximum atomic E-state index is 10.7. The second-order valence-electron chi connectivity index (χ2n) is 5.29. The number of hydrogen-bond acceptors (Lipinski definition) is 4. The van der Waals surface area contributed by atoms with Gasteiger partial charge in [0, 0.05) is 17.3 Å². The first-order valence-electron chi connectivity index (χ1n) is 6.73. The zero-order chi connectivity index (χ0) is 13.2. The van der Waals surface area contributed by atoms with Gasteiger partial charge in [0.25, 0.3) is 0 Å². The van der Waals surface area contributed by atoms with E-state index >= 15 is 0 Å². The Balaban J connectivity index is 2.29. The molecule has 0 aromatic carbocycles. The van der Waals surface area contributed by atoms with E-state index in [9.17, 15) is 5.11 Å². The number of rotatable bonds is 4. The molecule has 2 unspecified atom stereocenters. The van der Waals surface area contributed by atoms with E-state index in [1.807, 2.05) is 12.1 Å². The van der Waals surface area contributed by atoms with Gasteiger partial charge in [-0.05, 0) is 45.3 Å². The first-order valence-corrected chi connectivity index (χ1v) is 6.73. The third-order valence-corrected chi connectivity index (χ3v) is 4.30. The Morgan fingerprint density at radius 3 is 2.72 bits per heavy atom. The average Bonchev–Trinajstić information content (AvgIpc) is 2.92. The quantitative estimate of drug-likeness (QED) is 0.856. The van der Waals surface area contributed by atoms with E-state index in [0.29, 0.717) is 5.82 Å². The first-order chi connectivity index (χ1) is 8.59. The molecule has 0 bridgehead atoms. The Labute approximate surface area is 109 Å². The van der Waals surface area contributed by atoms with E-state index in [0.717, 1.165) is 25.1 Å². The largest absolute Gasteiger partial charge is 0.386 e. The van der Waals surface area contributed by atoms with Crippen molar-refractivity contribution in [3.05, 3.63) is 23.9 Å². The molecule has 1 aliphatic heterocycles. The van der Waals surface area contributed by atoms with Gasteiger partial charge >= 0.3 is 0 Å². The van der Waals surface area contributed by atoms with Gasteiger partial charge in [-0.3, -0.25) is 4.90 Å². The molecule has 0 spiro atoms. The van der Waals surface area contributed by atoms with Crippen LogP contribution in [0.3, 0.4) is 0 Å². The Bertz CT molecular complexity index is 404. The zero-order valence-corrected chi connectivity index (χ0v) is 11.3. The van der Waals surface area contributed by atoms with Crippen LogP contribution in [0.5, 0.6) is 0 Å². The molecule has 4 nitrogen and oxygen atoms in total. The van der Waals surface area contributed by atoms with E-state index in [4.69, 9.17) is 5.73 Å². The number of nitrogens with zero attached hydrogens (tertiary/aromatic N) is 2. The van der Waals surface area contributed by atoms with Gasteiger partial charge in [0.15, 0.2) is 0 Å². The van der Waals surface area contributed by atoms with Crippen molar-refractivity contribution in [2.24, 2.45) is 0 Å². The summed E-state index contributed by atoms with van der Waals surface area (Å²) in [7, 11) is 0. The molecular weight excluding hydrogens is 226 g/mol. The van der Waals surface area contributed by atoms with Gasteiger partial charge in [-0.1, -0.05) is 13.0 Å². The lowest BCUT2D eigenvalue weighted by molar-refractivity contribution is -0.0137. The molecule has 100 valence electrons. The van der Waals surface area contributed by atoms with Crippen LogP contribution in [0.25, 0.3) is 0 Å². The molecule has 3 N–H and O–H groups in total. The number of aliphatic hydroxyl groups is 1. The van der Waals surface area contributed by atoms with Crippen LogP contribution in [0.4, 0.5) is 5.82 Å². The summed E-state index contributed by atoms with van der Waals surface area (Å²) in [5.74, 6) is 0.434. The van der Waals surface area contributed by atoms with Gasteiger partial charge in [0.2, 0.25) is 0 Å². The van der Waals surface area contributed by atoms with Gasteiger partial charge < -0.3 is 10.8 Å². The van der Waals surface area contributed by atoms with Gasteiger partial charge in [-0.25, -0.2) is 4.98 Å². The topological polar surface area (TPSA) is 62.4 Å². The van der Waals surface area contributed by atoms with Crippen molar-refractivity contribution >= 4 is 5.82 Å². The molecule has 2 heterocycles. The predicted octanol–water partition coefficient (Wildman–Crippen LogP) is 1.96. The van der Waals surface area contributed by atoms with Crippen LogP contribution in [0, 0.1) is 0 Å². The van der Waals surface area contributed by atoms with Gasteiger partial charge in [0.05, 0.1) is 0 Å². The van der Waals surface area contributed by atoms with Crippen LogP contribution in [0.15, 0.2) is 18.3 Å². The standard InChI is InChI=1S/C14H23N3O/c1-3-14(2,17-9-4-5-10-17)12(18)11-7-6-8-16-13(11)15/h6-8,12,18H,3-5,9-10H2,1-2H3,(H2,15,16). The highest BCUT2D eigenvalue weighted by Crippen LogP contribution is 2.37. The van der Waals surface area contributed by atoms with E-state index in [-0.39, 0.29) is 5.54 Å². The number of hydrogen-bond donors (Lipinski definition) is 2. The fraction of sp³-hybridized carbons (Fsp3) is 0.643. The summed E-state index contributed by atoms with van der Waals surface area (Å²) in [4.78, 5) is 6.45. The highest BCUT2D eigenvalue weighted by atomic mass is 16.3. The van der Waals surface area contributed by atoms with Crippen molar-refractivity contribution in [2.45, 2.75) is 44.8 Å². The van der Waals surface area contributed by atoms with Crippen LogP contribution in [0.2, 0.25) is 0 Å². The molecule has 0 amide bonds. The Hall–Kier alpha value is -1.13. The molecule has 0 saturated carbocycles. The van der Waals surface area contributed by atoms with E-state index in [1.165, 1.54) is 12.8 Å². The number of nitrogen functional groups attached to an aromatic ring is 1. The van der Waals surface area contributed by atoms with Gasteiger partial charge in [0.1, 0.15) is 11.9 Å². The van der Waals surface area contributed by atoms with Crippen molar-refractivity contribution in [3.63, 3.8) is 0 Å². The molecule has 1 saturated heterocycles. The Morgan fingerprint density at radius 2 is 2.17 bits per heavy atom. The highest BCUT2D eigenvalue weighted by Gasteiger charge is 2.40. The summed E-state index contributed by atoms with van der Waals surface area (Å²) >= 11 is 0. The monoisotopic (exact) mass is 249 g/mol. The maximum Gasteiger partial charge on any atom is 0.129 e. The summed E-state index contributed by atoms with van der Waals surface area (Å²) in [5, 5.41) is 10.7. The SMILES string of the molecule is CCC(C)(C(O)c1cccnc1N)N1CCCC1. The van der Waals surface area contributed by atoms with E-state index < -0.39 is 6.10 Å². The molecule has 4 heteroatoms. The van der Waals surface area contributed by atoms with Crippen LogP contribution in [-0.2, 0) is 0 Å². The molecule has 1 fully saturated rings. The van der Waals surface area contributed by atoms with Gasteiger partial charge in [-0.2, -0.15) is 0 Å². The number of nitrogens with two attached hydrogens (primary N) is 1. The van der Waals surface area contributed by atoms with Crippen molar-refractivity contribution < 1.29 is 5.11 Å². The summed E-state index contributed by atoms with van der Waals surface area (Å²) in [5.41, 5.74) is 6.37.